The molecule has 0 unspecified atom stereocenters. The molecule has 0 fully saturated rings. The van der Waals surface area contributed by atoms with Crippen molar-refractivity contribution in [3.05, 3.63) is 89.4 Å². The molecule has 3 aromatic rings. The molecule has 10 heteroatoms. The van der Waals surface area contributed by atoms with Crippen LogP contribution in [0.25, 0.3) is 0 Å². The number of aryl methyl sites for hydroxylation is 1. The van der Waals surface area contributed by atoms with Crippen molar-refractivity contribution in [3.63, 3.8) is 0 Å². The first kappa shape index (κ1) is 23.9. The second kappa shape index (κ2) is 10.7. The summed E-state index contributed by atoms with van der Waals surface area (Å²) in [5, 5.41) is 6.29. The normalized spacial score (nSPS) is 12.4. The van der Waals surface area contributed by atoms with Gasteiger partial charge in [-0.2, -0.15) is 5.10 Å². The van der Waals surface area contributed by atoms with Gasteiger partial charge in [0.25, 0.3) is 0 Å². The summed E-state index contributed by atoms with van der Waals surface area (Å²) < 4.78 is 32.6. The fourth-order valence-corrected chi connectivity index (χ4v) is 3.81. The smallest absolute Gasteiger partial charge is 0.329 e. The van der Waals surface area contributed by atoms with Gasteiger partial charge in [-0.3, -0.25) is 9.59 Å². The number of nitrogens with zero attached hydrogens (tertiary/aromatic N) is 1. The molecule has 2 amide bonds. The second-order valence-corrected chi connectivity index (χ2v) is 9.01. The number of hydrogen-bond acceptors (Lipinski definition) is 6. The molecule has 0 saturated carbocycles. The zero-order valence-corrected chi connectivity index (χ0v) is 18.9. The van der Waals surface area contributed by atoms with Gasteiger partial charge in [-0.05, 0) is 43.7 Å². The first-order valence-corrected chi connectivity index (χ1v) is 11.6. The van der Waals surface area contributed by atoms with Gasteiger partial charge in [0.1, 0.15) is 11.5 Å². The van der Waals surface area contributed by atoms with Crippen LogP contribution in [-0.2, 0) is 26.2 Å². The van der Waals surface area contributed by atoms with Crippen LogP contribution in [0, 0.1) is 6.92 Å². The fourth-order valence-electron chi connectivity index (χ4n) is 2.82. The Morgan fingerprint density at radius 3 is 2.39 bits per heavy atom. The Hall–Kier alpha value is -3.76. The minimum Gasteiger partial charge on any atom is -0.459 e. The molecule has 1 heterocycles. The molecule has 0 radical (unpaired) electrons. The molecule has 9 nitrogen and oxygen atoms in total. The monoisotopic (exact) mass is 468 g/mol. The van der Waals surface area contributed by atoms with Crippen LogP contribution < -0.4 is 15.5 Å². The highest BCUT2D eigenvalue weighted by molar-refractivity contribution is 7.89. The highest BCUT2D eigenvalue weighted by Gasteiger charge is 2.17. The summed E-state index contributed by atoms with van der Waals surface area (Å²) in [7, 11) is -3.68. The Morgan fingerprint density at radius 1 is 1.00 bits per heavy atom. The van der Waals surface area contributed by atoms with Gasteiger partial charge >= 0.3 is 11.8 Å². The van der Waals surface area contributed by atoms with Crippen molar-refractivity contribution < 1.29 is 22.4 Å². The van der Waals surface area contributed by atoms with E-state index in [1.165, 1.54) is 18.3 Å². The maximum Gasteiger partial charge on any atom is 0.329 e. The number of furan rings is 1. The minimum absolute atomic E-state index is 0.0593. The molecular formula is C23H24N4O5S. The maximum atomic E-state index is 12.3. The van der Waals surface area contributed by atoms with Crippen molar-refractivity contribution in [1.29, 1.82) is 0 Å². The van der Waals surface area contributed by atoms with E-state index in [1.54, 1.807) is 31.2 Å². The summed E-state index contributed by atoms with van der Waals surface area (Å²) in [4.78, 5) is 24.1. The van der Waals surface area contributed by atoms with Gasteiger partial charge in [0, 0.05) is 0 Å². The quantitative estimate of drug-likeness (QED) is 0.266. The molecule has 0 saturated heterocycles. The fraction of sp³-hybridized carbons (Fsp3) is 0.174. The number of carbonyl (C=O) groups excluding carboxylic acids is 2. The van der Waals surface area contributed by atoms with Crippen LogP contribution in [-0.4, -0.2) is 26.4 Å². The van der Waals surface area contributed by atoms with Crippen LogP contribution in [0.1, 0.15) is 35.6 Å². The number of nitrogens with one attached hydrogen (secondary N) is 3. The lowest BCUT2D eigenvalue weighted by Crippen LogP contribution is -2.39. The van der Waals surface area contributed by atoms with E-state index >= 15 is 0 Å². The van der Waals surface area contributed by atoms with Gasteiger partial charge in [-0.25, -0.2) is 18.6 Å². The summed E-state index contributed by atoms with van der Waals surface area (Å²) in [5.41, 5.74) is 3.95. The molecule has 33 heavy (non-hydrogen) atoms. The van der Waals surface area contributed by atoms with Gasteiger partial charge in [-0.1, -0.05) is 48.0 Å². The number of benzene rings is 2. The van der Waals surface area contributed by atoms with Crippen LogP contribution >= 0.6 is 0 Å². The largest absolute Gasteiger partial charge is 0.459 e. The number of sulfonamides is 1. The molecule has 0 spiro atoms. The van der Waals surface area contributed by atoms with Gasteiger partial charge in [-0.15, -0.1) is 0 Å². The van der Waals surface area contributed by atoms with E-state index < -0.39 is 21.8 Å². The third-order valence-corrected chi connectivity index (χ3v) is 6.08. The molecule has 2 aromatic carbocycles. The Balaban J connectivity index is 1.48. The molecule has 0 bridgehead atoms. The van der Waals surface area contributed by atoms with E-state index in [0.717, 1.165) is 11.1 Å². The molecule has 172 valence electrons. The van der Waals surface area contributed by atoms with Crippen molar-refractivity contribution in [1.82, 2.24) is 15.5 Å². The molecular weight excluding hydrogens is 444 g/mol. The Bertz CT molecular complexity index is 1240. The lowest BCUT2D eigenvalue weighted by atomic mass is 10.1. The molecule has 0 aliphatic carbocycles. The predicted octanol–water partition coefficient (Wildman–Crippen LogP) is 2.39. The van der Waals surface area contributed by atoms with Crippen molar-refractivity contribution >= 4 is 28.1 Å². The highest BCUT2D eigenvalue weighted by Crippen LogP contribution is 2.12. The summed E-state index contributed by atoms with van der Waals surface area (Å²) >= 11 is 0. The maximum absolute atomic E-state index is 12.3. The van der Waals surface area contributed by atoms with Crippen LogP contribution in [0.4, 0.5) is 0 Å². The Kier molecular flexibility index (Phi) is 7.75. The van der Waals surface area contributed by atoms with E-state index in [2.05, 4.69) is 20.6 Å². The minimum atomic E-state index is -3.68. The van der Waals surface area contributed by atoms with Gasteiger partial charge in [0.05, 0.1) is 23.7 Å². The van der Waals surface area contributed by atoms with Crippen LogP contribution in [0.15, 0.2) is 81.1 Å². The average Bonchev–Trinajstić information content (AvgIpc) is 3.26. The number of amides is 2. The standard InChI is InChI=1S/C23H24N4O5S/c1-16-8-12-21(13-9-16)33(30,31)25-15-20-11-10-19(32-20)14-24-27-23(29)22(28)26-17(2)18-6-4-3-5-7-18/h3-14,17,25H,15H2,1-2H3,(H,26,28)(H,27,29)/b24-14+/t17-/m1/s1. The van der Waals surface area contributed by atoms with Crippen molar-refractivity contribution in [2.24, 2.45) is 5.10 Å². The predicted molar refractivity (Wildman–Crippen MR) is 123 cm³/mol. The highest BCUT2D eigenvalue weighted by atomic mass is 32.2. The first-order valence-electron chi connectivity index (χ1n) is 10.1. The van der Waals surface area contributed by atoms with Crippen LogP contribution in [0.5, 0.6) is 0 Å². The summed E-state index contributed by atoms with van der Waals surface area (Å²) in [5.74, 6) is -1.12. The van der Waals surface area contributed by atoms with E-state index in [9.17, 15) is 18.0 Å². The third kappa shape index (κ3) is 6.86. The average molecular weight is 469 g/mol. The van der Waals surface area contributed by atoms with E-state index in [0.29, 0.717) is 5.76 Å². The zero-order valence-electron chi connectivity index (χ0n) is 18.1. The second-order valence-electron chi connectivity index (χ2n) is 7.25. The summed E-state index contributed by atoms with van der Waals surface area (Å²) in [6, 6.07) is 18.5. The van der Waals surface area contributed by atoms with Crippen molar-refractivity contribution in [2.45, 2.75) is 31.3 Å². The summed E-state index contributed by atoms with van der Waals surface area (Å²) in [6.07, 6.45) is 1.21. The van der Waals surface area contributed by atoms with Crippen LogP contribution in [0.2, 0.25) is 0 Å². The van der Waals surface area contributed by atoms with Gasteiger partial charge in [0.15, 0.2) is 0 Å². The van der Waals surface area contributed by atoms with E-state index in [1.807, 2.05) is 37.3 Å². The lowest BCUT2D eigenvalue weighted by Gasteiger charge is -2.13. The van der Waals surface area contributed by atoms with E-state index in [-0.39, 0.29) is 23.2 Å². The number of hydrazone groups is 1. The number of hydrogen-bond donors (Lipinski definition) is 3. The topological polar surface area (TPSA) is 130 Å². The molecule has 3 rings (SSSR count). The van der Waals surface area contributed by atoms with Crippen LogP contribution in [0.3, 0.4) is 0 Å². The van der Waals surface area contributed by atoms with E-state index in [4.69, 9.17) is 4.42 Å². The number of carbonyl (C=O) groups is 2. The van der Waals surface area contributed by atoms with Gasteiger partial charge in [0.2, 0.25) is 10.0 Å². The zero-order chi connectivity index (χ0) is 23.8. The lowest BCUT2D eigenvalue weighted by molar-refractivity contribution is -0.139. The molecule has 3 N–H and O–H groups in total. The van der Waals surface area contributed by atoms with Crippen molar-refractivity contribution in [2.75, 3.05) is 0 Å². The van der Waals surface area contributed by atoms with Gasteiger partial charge < -0.3 is 9.73 Å². The molecule has 0 aliphatic rings. The molecule has 0 aliphatic heterocycles. The number of rotatable bonds is 8. The van der Waals surface area contributed by atoms with Crippen molar-refractivity contribution in [3.8, 4) is 0 Å². The molecule has 1 aromatic heterocycles. The summed E-state index contributed by atoms with van der Waals surface area (Å²) in [6.45, 7) is 3.58. The Morgan fingerprint density at radius 2 is 1.70 bits per heavy atom. The Labute approximate surface area is 191 Å². The first-order chi connectivity index (χ1) is 15.7. The molecule has 1 atom stereocenters. The SMILES string of the molecule is Cc1ccc(S(=O)(=O)NCc2ccc(/C=N/NC(=O)C(=O)N[C@H](C)c3ccccc3)o2)cc1. The third-order valence-electron chi connectivity index (χ3n) is 4.66.